The third kappa shape index (κ3) is 2.76. The molecular weight excluding hydrogens is 264 g/mol. The topological polar surface area (TPSA) is 61.3 Å². The second kappa shape index (κ2) is 5.58. The van der Waals surface area contributed by atoms with Gasteiger partial charge in [-0.05, 0) is 19.2 Å². The van der Waals surface area contributed by atoms with Gasteiger partial charge in [-0.15, -0.1) is 0 Å². The quantitative estimate of drug-likeness (QED) is 0.792. The third-order valence-electron chi connectivity index (χ3n) is 3.44. The molecule has 21 heavy (non-hydrogen) atoms. The number of nitrogens with two attached hydrogens (primary N) is 1. The smallest absolute Gasteiger partial charge is 0.134 e. The van der Waals surface area contributed by atoms with Gasteiger partial charge in [0.2, 0.25) is 0 Å². The van der Waals surface area contributed by atoms with Gasteiger partial charge in [0.25, 0.3) is 0 Å². The van der Waals surface area contributed by atoms with Crippen LogP contribution in [0.4, 0.5) is 0 Å². The second-order valence-corrected chi connectivity index (χ2v) is 5.21. The average Bonchev–Trinajstić information content (AvgIpc) is 2.90. The maximum atomic E-state index is 6.06. The van der Waals surface area contributed by atoms with E-state index in [1.54, 1.807) is 0 Å². The Morgan fingerprint density at radius 2 is 2.05 bits per heavy atom. The van der Waals surface area contributed by atoms with Crippen LogP contribution >= 0.6 is 0 Å². The van der Waals surface area contributed by atoms with E-state index >= 15 is 0 Å². The third-order valence-corrected chi connectivity index (χ3v) is 3.44. The number of nitrogens with zero attached hydrogens (tertiary/aromatic N) is 1. The molecule has 1 aromatic heterocycles. The van der Waals surface area contributed by atoms with Gasteiger partial charge in [0.1, 0.15) is 23.8 Å². The van der Waals surface area contributed by atoms with Crippen molar-refractivity contribution in [2.75, 3.05) is 0 Å². The summed E-state index contributed by atoms with van der Waals surface area (Å²) in [4.78, 5) is 0. The molecular formula is C17H18N2O2. The molecule has 0 aliphatic heterocycles. The first kappa shape index (κ1) is 13.6. The molecule has 2 aromatic carbocycles. The van der Waals surface area contributed by atoms with Crippen molar-refractivity contribution in [2.24, 2.45) is 5.73 Å². The molecule has 1 heterocycles. The predicted octanol–water partition coefficient (Wildman–Crippen LogP) is 3.73. The summed E-state index contributed by atoms with van der Waals surface area (Å²) in [6.45, 7) is 4.18. The maximum Gasteiger partial charge on any atom is 0.134 e. The Hall–Kier alpha value is -2.33. The molecule has 3 rings (SSSR count). The number of aromatic nitrogens is 1. The van der Waals surface area contributed by atoms with Gasteiger partial charge < -0.3 is 15.0 Å². The number of aryl methyl sites for hydroxylation is 1. The Morgan fingerprint density at radius 1 is 1.24 bits per heavy atom. The van der Waals surface area contributed by atoms with Crippen molar-refractivity contribution in [2.45, 2.75) is 26.5 Å². The summed E-state index contributed by atoms with van der Waals surface area (Å²) in [5.41, 5.74) is 7.83. The van der Waals surface area contributed by atoms with Crippen molar-refractivity contribution in [1.29, 1.82) is 0 Å². The van der Waals surface area contributed by atoms with E-state index in [0.717, 1.165) is 33.5 Å². The van der Waals surface area contributed by atoms with E-state index in [2.05, 4.69) is 17.3 Å². The van der Waals surface area contributed by atoms with Crippen molar-refractivity contribution in [3.63, 3.8) is 0 Å². The van der Waals surface area contributed by atoms with Gasteiger partial charge in [-0.2, -0.15) is 0 Å². The fourth-order valence-electron chi connectivity index (χ4n) is 2.41. The molecule has 1 unspecified atom stereocenters. The summed E-state index contributed by atoms with van der Waals surface area (Å²) in [5, 5.41) is 6.15. The number of rotatable bonds is 4. The minimum atomic E-state index is -0.0938. The minimum absolute atomic E-state index is 0.0938. The highest BCUT2D eigenvalue weighted by Gasteiger charge is 2.13. The average molecular weight is 282 g/mol. The van der Waals surface area contributed by atoms with E-state index in [1.165, 1.54) is 0 Å². The summed E-state index contributed by atoms with van der Waals surface area (Å²) in [5.74, 6) is 1.60. The first-order valence-electron chi connectivity index (χ1n) is 6.97. The van der Waals surface area contributed by atoms with Crippen molar-refractivity contribution in [3.8, 4) is 5.75 Å². The largest absolute Gasteiger partial charge is 0.486 e. The zero-order valence-electron chi connectivity index (χ0n) is 12.2. The molecule has 108 valence electrons. The van der Waals surface area contributed by atoms with E-state index in [0.29, 0.717) is 6.61 Å². The van der Waals surface area contributed by atoms with Crippen LogP contribution in [0.1, 0.15) is 30.0 Å². The highest BCUT2D eigenvalue weighted by molar-refractivity contribution is 5.89. The van der Waals surface area contributed by atoms with Crippen LogP contribution in [0.25, 0.3) is 10.8 Å². The number of hydrogen-bond donors (Lipinski definition) is 1. The molecule has 3 aromatic rings. The van der Waals surface area contributed by atoms with Crippen molar-refractivity contribution in [1.82, 2.24) is 5.16 Å². The lowest BCUT2D eigenvalue weighted by Crippen LogP contribution is -2.08. The Bertz CT molecular complexity index is 762. The molecule has 0 aliphatic carbocycles. The lowest BCUT2D eigenvalue weighted by molar-refractivity contribution is 0.287. The van der Waals surface area contributed by atoms with Gasteiger partial charge in [-0.25, -0.2) is 0 Å². The molecule has 0 aliphatic rings. The van der Waals surface area contributed by atoms with Crippen LogP contribution in [0.3, 0.4) is 0 Å². The van der Waals surface area contributed by atoms with Gasteiger partial charge in [0.15, 0.2) is 0 Å². The van der Waals surface area contributed by atoms with E-state index in [-0.39, 0.29) is 6.04 Å². The monoisotopic (exact) mass is 282 g/mol. The fraction of sp³-hybridized carbons (Fsp3) is 0.235. The molecule has 0 saturated heterocycles. The lowest BCUT2D eigenvalue weighted by atomic mass is 10.0. The molecule has 2 N–H and O–H groups in total. The van der Waals surface area contributed by atoms with Gasteiger partial charge >= 0.3 is 0 Å². The van der Waals surface area contributed by atoms with Crippen molar-refractivity contribution >= 4 is 10.8 Å². The molecule has 0 saturated carbocycles. The van der Waals surface area contributed by atoms with Crippen LogP contribution in [-0.2, 0) is 6.61 Å². The Morgan fingerprint density at radius 3 is 2.76 bits per heavy atom. The molecule has 0 bridgehead atoms. The van der Waals surface area contributed by atoms with Crippen LogP contribution in [0.15, 0.2) is 47.0 Å². The minimum Gasteiger partial charge on any atom is -0.486 e. The zero-order valence-corrected chi connectivity index (χ0v) is 12.2. The Balaban J connectivity index is 1.99. The van der Waals surface area contributed by atoms with Crippen LogP contribution in [0.2, 0.25) is 0 Å². The zero-order chi connectivity index (χ0) is 14.8. The Labute approximate surface area is 123 Å². The number of fused-ring (bicyclic) bond motifs is 1. The number of hydrogen-bond acceptors (Lipinski definition) is 4. The Kier molecular flexibility index (Phi) is 3.62. The normalized spacial score (nSPS) is 12.5. The number of ether oxygens (including phenoxy) is 1. The highest BCUT2D eigenvalue weighted by Crippen LogP contribution is 2.33. The van der Waals surface area contributed by atoms with Crippen molar-refractivity contribution in [3.05, 3.63) is 59.5 Å². The molecule has 0 spiro atoms. The summed E-state index contributed by atoms with van der Waals surface area (Å²) in [6.07, 6.45) is 0. The van der Waals surface area contributed by atoms with E-state index in [1.807, 2.05) is 44.2 Å². The molecule has 4 heteroatoms. The van der Waals surface area contributed by atoms with E-state index < -0.39 is 0 Å². The van der Waals surface area contributed by atoms with E-state index in [9.17, 15) is 0 Å². The summed E-state index contributed by atoms with van der Waals surface area (Å²) < 4.78 is 11.1. The molecule has 0 radical (unpaired) electrons. The summed E-state index contributed by atoms with van der Waals surface area (Å²) in [6, 6.07) is 14.0. The number of benzene rings is 2. The van der Waals surface area contributed by atoms with Crippen LogP contribution < -0.4 is 10.5 Å². The van der Waals surface area contributed by atoms with Crippen LogP contribution in [0, 0.1) is 6.92 Å². The second-order valence-electron chi connectivity index (χ2n) is 5.21. The van der Waals surface area contributed by atoms with E-state index in [4.69, 9.17) is 15.0 Å². The fourth-order valence-corrected chi connectivity index (χ4v) is 2.41. The molecule has 0 amide bonds. The molecule has 4 nitrogen and oxygen atoms in total. The van der Waals surface area contributed by atoms with Gasteiger partial charge in [-0.3, -0.25) is 0 Å². The maximum absolute atomic E-state index is 6.06. The summed E-state index contributed by atoms with van der Waals surface area (Å²) >= 11 is 0. The molecule has 0 fully saturated rings. The van der Waals surface area contributed by atoms with Gasteiger partial charge in [0.05, 0.1) is 0 Å². The van der Waals surface area contributed by atoms with Gasteiger partial charge in [-0.1, -0.05) is 41.6 Å². The summed E-state index contributed by atoms with van der Waals surface area (Å²) in [7, 11) is 0. The lowest BCUT2D eigenvalue weighted by Gasteiger charge is -2.16. The standard InChI is InChI=1S/C17H18N2O2/c1-11-9-14(19-21-11)10-20-17-15(12(2)18)8-7-13-5-3-4-6-16(13)17/h3-9,12H,10,18H2,1-2H3. The highest BCUT2D eigenvalue weighted by atomic mass is 16.5. The SMILES string of the molecule is Cc1cc(COc2c(C(C)N)ccc3ccccc23)no1. The van der Waals surface area contributed by atoms with Crippen LogP contribution in [0.5, 0.6) is 5.75 Å². The first-order chi connectivity index (χ1) is 10.1. The van der Waals surface area contributed by atoms with Crippen molar-refractivity contribution < 1.29 is 9.26 Å². The van der Waals surface area contributed by atoms with Gasteiger partial charge in [0, 0.05) is 23.1 Å². The predicted molar refractivity (Wildman–Crippen MR) is 82.1 cm³/mol. The first-order valence-corrected chi connectivity index (χ1v) is 6.97. The molecule has 1 atom stereocenters. The van der Waals surface area contributed by atoms with Crippen LogP contribution in [-0.4, -0.2) is 5.16 Å².